The van der Waals surface area contributed by atoms with Crippen LogP contribution in [0.4, 0.5) is 22.7 Å². The average molecular weight is 1010 g/mol. The van der Waals surface area contributed by atoms with Gasteiger partial charge in [-0.1, -0.05) is 230 Å². The Kier molecular flexibility index (Phi) is 31.4. The third kappa shape index (κ3) is 25.2. The van der Waals surface area contributed by atoms with E-state index in [9.17, 15) is 19.2 Å². The van der Waals surface area contributed by atoms with Gasteiger partial charge in [0.15, 0.2) is 0 Å². The second-order valence-electron chi connectivity index (χ2n) is 20.7. The highest BCUT2D eigenvalue weighted by Crippen LogP contribution is 2.39. The zero-order chi connectivity index (χ0) is 52.9. The maximum Gasteiger partial charge on any atom is 0.224 e. The van der Waals surface area contributed by atoms with E-state index in [1.165, 1.54) is 128 Å². The van der Waals surface area contributed by atoms with Crippen molar-refractivity contribution >= 4 is 57.5 Å². The molecule has 0 saturated carbocycles. The molecule has 0 radical (unpaired) electrons. The van der Waals surface area contributed by atoms with Crippen LogP contribution >= 0.6 is 0 Å². The van der Waals surface area contributed by atoms with Crippen LogP contribution in [0, 0.1) is 0 Å². The molecule has 404 valence electrons. The number of amides is 4. The molecule has 8 nitrogen and oxygen atoms in total. The van der Waals surface area contributed by atoms with E-state index in [0.717, 1.165) is 108 Å². The normalized spacial score (nSPS) is 11.0. The van der Waals surface area contributed by atoms with E-state index >= 15 is 0 Å². The number of unbranched alkanes of at least 4 members (excludes halogenated alkanes) is 24. The summed E-state index contributed by atoms with van der Waals surface area (Å²) in [5, 5.41) is 12.6. The largest absolute Gasteiger partial charge is 0.326 e. The lowest BCUT2D eigenvalue weighted by Gasteiger charge is -2.20. The minimum absolute atomic E-state index is 0.0246. The molecule has 0 atom stereocenters. The van der Waals surface area contributed by atoms with Crippen molar-refractivity contribution in [3.8, 4) is 0 Å². The quantitative estimate of drug-likeness (QED) is 0.0262. The Balaban J connectivity index is 1.66. The summed E-state index contributed by atoms with van der Waals surface area (Å²) in [5.41, 5.74) is 8.67. The molecule has 0 fully saturated rings. The highest BCUT2D eigenvalue weighted by atomic mass is 16.2. The lowest BCUT2D eigenvalue weighted by Crippen LogP contribution is -2.11. The van der Waals surface area contributed by atoms with Crippen molar-refractivity contribution in [3.05, 3.63) is 119 Å². The van der Waals surface area contributed by atoms with E-state index in [1.807, 2.05) is 48.5 Å². The summed E-state index contributed by atoms with van der Waals surface area (Å²) in [6.45, 7) is 8.91. The number of benzene rings is 4. The number of hydrogen-bond donors (Lipinski definition) is 4. The fourth-order valence-corrected chi connectivity index (χ4v) is 9.66. The molecule has 4 aromatic carbocycles. The molecule has 0 aromatic heterocycles. The highest BCUT2D eigenvalue weighted by Gasteiger charge is 2.18. The summed E-state index contributed by atoms with van der Waals surface area (Å²) >= 11 is 0. The first kappa shape index (κ1) is 61.1. The van der Waals surface area contributed by atoms with Gasteiger partial charge in [-0.05, 0) is 108 Å². The number of nitrogens with one attached hydrogen (secondary N) is 4. The predicted molar refractivity (Wildman–Crippen MR) is 316 cm³/mol. The second kappa shape index (κ2) is 38.1. The lowest BCUT2D eigenvalue weighted by atomic mass is 9.85. The standard InChI is InChI=1S/C66H96N4O4/c1-5-9-13-17-21-25-29-33-61(71)67-57-45-37-53(38-46-57)65(54-39-47-58(48-40-54)68-62(72)34-30-26-22-18-14-10-6-2)66(55-41-49-59(50-42-55)69-63(73)35-31-27-23-19-15-11-7-3)56-43-51-60(52-44-56)70-64(74)36-32-28-24-20-16-12-8-4/h37-52H,5-36H2,1-4H3,(H,67,71)(H,68,72)(H,69,73)(H,70,74). The van der Waals surface area contributed by atoms with Crippen LogP contribution in [0.3, 0.4) is 0 Å². The molecule has 0 unspecified atom stereocenters. The van der Waals surface area contributed by atoms with Gasteiger partial charge in [-0.2, -0.15) is 0 Å². The lowest BCUT2D eigenvalue weighted by molar-refractivity contribution is -0.117. The minimum Gasteiger partial charge on any atom is -0.326 e. The predicted octanol–water partition coefficient (Wildman–Crippen LogP) is 19.0. The fraction of sp³-hybridized carbons (Fsp3) is 0.545. The van der Waals surface area contributed by atoms with Crippen LogP contribution < -0.4 is 21.3 Å². The van der Waals surface area contributed by atoms with Crippen LogP contribution in [0.15, 0.2) is 97.1 Å². The van der Waals surface area contributed by atoms with Crippen molar-refractivity contribution in [2.45, 2.75) is 233 Å². The SMILES string of the molecule is CCCCCCCCCC(=O)Nc1ccc(C(=C(c2ccc(NC(=O)CCCCCCCCC)cc2)c2ccc(NC(=O)CCCCCCCCC)cc2)c2ccc(NC(=O)CCCCCCCCC)cc2)cc1. The molecule has 0 aliphatic carbocycles. The van der Waals surface area contributed by atoms with Crippen LogP contribution in [-0.4, -0.2) is 23.6 Å². The van der Waals surface area contributed by atoms with Crippen LogP contribution in [0.5, 0.6) is 0 Å². The van der Waals surface area contributed by atoms with Crippen LogP contribution in [0.1, 0.15) is 255 Å². The molecule has 4 aromatic rings. The molecule has 0 heterocycles. The van der Waals surface area contributed by atoms with Crippen molar-refractivity contribution < 1.29 is 19.2 Å². The van der Waals surface area contributed by atoms with Crippen molar-refractivity contribution in [3.63, 3.8) is 0 Å². The molecule has 0 aliphatic rings. The Morgan fingerprint density at radius 2 is 0.405 bits per heavy atom. The van der Waals surface area contributed by atoms with Crippen molar-refractivity contribution in [2.75, 3.05) is 21.3 Å². The van der Waals surface area contributed by atoms with Crippen molar-refractivity contribution in [2.24, 2.45) is 0 Å². The summed E-state index contributed by atoms with van der Waals surface area (Å²) in [7, 11) is 0. The zero-order valence-corrected chi connectivity index (χ0v) is 46.5. The highest BCUT2D eigenvalue weighted by molar-refractivity contribution is 6.05. The molecule has 4 N–H and O–H groups in total. The summed E-state index contributed by atoms with van der Waals surface area (Å²) < 4.78 is 0. The van der Waals surface area contributed by atoms with Gasteiger partial charge in [0.25, 0.3) is 0 Å². The summed E-state index contributed by atoms with van der Waals surface area (Å²) in [6, 6.07) is 32.3. The van der Waals surface area contributed by atoms with E-state index in [1.54, 1.807) is 0 Å². The number of rotatable bonds is 40. The van der Waals surface area contributed by atoms with Gasteiger partial charge in [-0.3, -0.25) is 19.2 Å². The Morgan fingerprint density at radius 3 is 0.581 bits per heavy atom. The minimum atomic E-state index is 0.0246. The molecule has 8 heteroatoms. The first-order valence-electron chi connectivity index (χ1n) is 29.6. The Hall–Kier alpha value is -5.50. The van der Waals surface area contributed by atoms with Gasteiger partial charge in [0.05, 0.1) is 0 Å². The third-order valence-electron chi connectivity index (χ3n) is 14.1. The number of hydrogen-bond acceptors (Lipinski definition) is 4. The van der Waals surface area contributed by atoms with E-state index < -0.39 is 0 Å². The van der Waals surface area contributed by atoms with Gasteiger partial charge in [-0.15, -0.1) is 0 Å². The number of carbonyl (C=O) groups is 4. The first-order valence-corrected chi connectivity index (χ1v) is 29.6. The van der Waals surface area contributed by atoms with Gasteiger partial charge in [0.1, 0.15) is 0 Å². The van der Waals surface area contributed by atoms with Gasteiger partial charge >= 0.3 is 0 Å². The van der Waals surface area contributed by atoms with Crippen molar-refractivity contribution in [1.82, 2.24) is 0 Å². The Labute approximate surface area is 448 Å². The molecule has 0 spiro atoms. The Bertz CT molecular complexity index is 1880. The maximum absolute atomic E-state index is 13.1. The molecule has 0 bridgehead atoms. The van der Waals surface area contributed by atoms with E-state index in [4.69, 9.17) is 0 Å². The zero-order valence-electron chi connectivity index (χ0n) is 46.5. The molecule has 4 rings (SSSR count). The topological polar surface area (TPSA) is 116 Å². The van der Waals surface area contributed by atoms with Gasteiger partial charge in [0.2, 0.25) is 23.6 Å². The van der Waals surface area contributed by atoms with Gasteiger partial charge in [0, 0.05) is 48.4 Å². The van der Waals surface area contributed by atoms with E-state index in [2.05, 4.69) is 97.5 Å². The van der Waals surface area contributed by atoms with Crippen LogP contribution in [0.2, 0.25) is 0 Å². The van der Waals surface area contributed by atoms with Gasteiger partial charge < -0.3 is 21.3 Å². The molecule has 4 amide bonds. The van der Waals surface area contributed by atoms with E-state index in [-0.39, 0.29) is 23.6 Å². The third-order valence-corrected chi connectivity index (χ3v) is 14.1. The Morgan fingerprint density at radius 1 is 0.243 bits per heavy atom. The molecule has 74 heavy (non-hydrogen) atoms. The summed E-state index contributed by atoms with van der Waals surface area (Å²) in [5.74, 6) is 0.0983. The van der Waals surface area contributed by atoms with Crippen molar-refractivity contribution in [1.29, 1.82) is 0 Å². The first-order chi connectivity index (χ1) is 36.2. The maximum atomic E-state index is 13.1. The molecule has 0 saturated heterocycles. The molecule has 0 aliphatic heterocycles. The van der Waals surface area contributed by atoms with Crippen LogP contribution in [0.25, 0.3) is 11.1 Å². The number of carbonyl (C=O) groups excluding carboxylic acids is 4. The van der Waals surface area contributed by atoms with E-state index in [0.29, 0.717) is 25.7 Å². The van der Waals surface area contributed by atoms with Crippen LogP contribution in [-0.2, 0) is 19.2 Å². The molecular weight excluding hydrogens is 913 g/mol. The fourth-order valence-electron chi connectivity index (χ4n) is 9.66. The second-order valence-corrected chi connectivity index (χ2v) is 20.7. The smallest absolute Gasteiger partial charge is 0.224 e. The van der Waals surface area contributed by atoms with Gasteiger partial charge in [-0.25, -0.2) is 0 Å². The monoisotopic (exact) mass is 1010 g/mol. The average Bonchev–Trinajstić information content (AvgIpc) is 3.40. The summed E-state index contributed by atoms with van der Waals surface area (Å²) in [4.78, 5) is 52.4. The molecular formula is C66H96N4O4. The number of anilines is 4. The summed E-state index contributed by atoms with van der Waals surface area (Å²) in [6.07, 6.45) is 34.4.